The quantitative estimate of drug-likeness (QED) is 0.854. The first-order valence-electron chi connectivity index (χ1n) is 8.43. The third-order valence-corrected chi connectivity index (χ3v) is 8.67. The van der Waals surface area contributed by atoms with E-state index in [1.807, 2.05) is 23.9 Å². The number of benzene rings is 1. The highest BCUT2D eigenvalue weighted by molar-refractivity contribution is 8.00. The van der Waals surface area contributed by atoms with Gasteiger partial charge < -0.3 is 14.8 Å². The highest BCUT2D eigenvalue weighted by Crippen LogP contribution is 2.64. The van der Waals surface area contributed by atoms with Crippen LogP contribution in [0.4, 0.5) is 0 Å². The Hall–Kier alpha value is -1.40. The summed E-state index contributed by atoms with van der Waals surface area (Å²) in [4.78, 5) is 16.1. The standard InChI is InChI=1S/C18H19NO3S2/c1-22-11-4-2-3-10(14(11)20)13-12-8-5-6-9(7-8)15(12)23-17-16(13)24-18(21)19-17/h2-4,8-9,12-13,15,20H,5-7H2,1H3,(H,19,21)/t8-,9+,12+,13-,15+/m0/s1. The minimum atomic E-state index is 0.00667. The van der Waals surface area contributed by atoms with E-state index >= 15 is 0 Å². The van der Waals surface area contributed by atoms with Crippen LogP contribution < -0.4 is 9.61 Å². The number of methoxy groups -OCH3 is 1. The number of aromatic amines is 1. The maximum atomic E-state index is 12.0. The summed E-state index contributed by atoms with van der Waals surface area (Å²) in [6.07, 6.45) is 3.88. The molecule has 3 aliphatic rings. The molecule has 5 rings (SSSR count). The second kappa shape index (κ2) is 5.30. The molecule has 2 N–H and O–H groups in total. The largest absolute Gasteiger partial charge is 0.504 e. The number of aromatic nitrogens is 1. The molecular formula is C18H19NO3S2. The fourth-order valence-corrected chi connectivity index (χ4v) is 8.04. The SMILES string of the molecule is COc1cccc([C@@H]2c3sc(=O)[nH]c3S[C@@H]3[C@@H]4CC[C@@H](C4)[C@H]23)c1O. The van der Waals surface area contributed by atoms with Gasteiger partial charge in [0.2, 0.25) is 0 Å². The average Bonchev–Trinajstić information content (AvgIpc) is 3.26. The molecule has 1 aromatic heterocycles. The summed E-state index contributed by atoms with van der Waals surface area (Å²) >= 11 is 3.18. The predicted octanol–water partition coefficient (Wildman–Crippen LogP) is 3.80. The number of fused-ring (bicyclic) bond motifs is 6. The number of ether oxygens (including phenoxy) is 1. The molecule has 0 spiro atoms. The maximum absolute atomic E-state index is 12.0. The molecule has 1 aromatic carbocycles. The number of thiazole rings is 1. The highest BCUT2D eigenvalue weighted by atomic mass is 32.2. The molecule has 2 aliphatic carbocycles. The van der Waals surface area contributed by atoms with Gasteiger partial charge in [0, 0.05) is 21.6 Å². The van der Waals surface area contributed by atoms with Crippen LogP contribution in [0.5, 0.6) is 11.5 Å². The minimum Gasteiger partial charge on any atom is -0.504 e. The molecule has 126 valence electrons. The van der Waals surface area contributed by atoms with Crippen molar-refractivity contribution < 1.29 is 9.84 Å². The lowest BCUT2D eigenvalue weighted by molar-refractivity contribution is 0.300. The lowest BCUT2D eigenvalue weighted by Crippen LogP contribution is -2.33. The Balaban J connectivity index is 1.71. The number of H-pyrrole nitrogens is 1. The molecule has 0 saturated heterocycles. The van der Waals surface area contributed by atoms with Crippen molar-refractivity contribution in [3.05, 3.63) is 38.3 Å². The van der Waals surface area contributed by atoms with E-state index in [2.05, 4.69) is 4.98 Å². The maximum Gasteiger partial charge on any atom is 0.305 e. The lowest BCUT2D eigenvalue weighted by atomic mass is 9.74. The molecule has 2 heterocycles. The van der Waals surface area contributed by atoms with Gasteiger partial charge >= 0.3 is 4.87 Å². The van der Waals surface area contributed by atoms with Crippen molar-refractivity contribution in [2.24, 2.45) is 17.8 Å². The van der Waals surface area contributed by atoms with Crippen LogP contribution in [-0.2, 0) is 0 Å². The van der Waals surface area contributed by atoms with Crippen molar-refractivity contribution in [1.29, 1.82) is 0 Å². The fourth-order valence-electron chi connectivity index (χ4n) is 5.15. The van der Waals surface area contributed by atoms with Crippen LogP contribution in [0.2, 0.25) is 0 Å². The normalized spacial score (nSPS) is 33.3. The molecular weight excluding hydrogens is 342 g/mol. The van der Waals surface area contributed by atoms with Crippen molar-refractivity contribution in [3.63, 3.8) is 0 Å². The van der Waals surface area contributed by atoms with Crippen LogP contribution in [0.15, 0.2) is 28.0 Å². The van der Waals surface area contributed by atoms with Gasteiger partial charge in [-0.25, -0.2) is 0 Å². The molecule has 1 aliphatic heterocycles. The first-order valence-corrected chi connectivity index (χ1v) is 10.1. The van der Waals surface area contributed by atoms with Gasteiger partial charge in [0.15, 0.2) is 11.5 Å². The van der Waals surface area contributed by atoms with Gasteiger partial charge in [0.05, 0.1) is 12.1 Å². The Morgan fingerprint density at radius 2 is 2.12 bits per heavy atom. The van der Waals surface area contributed by atoms with E-state index in [9.17, 15) is 9.90 Å². The summed E-state index contributed by atoms with van der Waals surface area (Å²) < 4.78 is 5.32. The molecule has 0 radical (unpaired) electrons. The zero-order valence-corrected chi connectivity index (χ0v) is 15.0. The van der Waals surface area contributed by atoms with E-state index in [-0.39, 0.29) is 16.5 Å². The number of thioether (sulfide) groups is 1. The van der Waals surface area contributed by atoms with Gasteiger partial charge in [-0.3, -0.25) is 4.79 Å². The number of hydrogen-bond acceptors (Lipinski definition) is 5. The molecule has 2 bridgehead atoms. The molecule has 5 atom stereocenters. The average molecular weight is 361 g/mol. The van der Waals surface area contributed by atoms with Crippen LogP contribution in [0.3, 0.4) is 0 Å². The van der Waals surface area contributed by atoms with E-state index in [4.69, 9.17) is 4.74 Å². The Morgan fingerprint density at radius 1 is 1.29 bits per heavy atom. The van der Waals surface area contributed by atoms with Gasteiger partial charge in [-0.15, -0.1) is 11.8 Å². The predicted molar refractivity (Wildman–Crippen MR) is 95.4 cm³/mol. The van der Waals surface area contributed by atoms with Crippen molar-refractivity contribution in [2.75, 3.05) is 7.11 Å². The van der Waals surface area contributed by atoms with Crippen LogP contribution in [0.25, 0.3) is 0 Å². The third-order valence-electron chi connectivity index (χ3n) is 6.05. The van der Waals surface area contributed by atoms with Crippen molar-refractivity contribution in [3.8, 4) is 11.5 Å². The molecule has 6 heteroatoms. The Kier molecular flexibility index (Phi) is 3.29. The lowest BCUT2D eigenvalue weighted by Gasteiger charge is -2.40. The summed E-state index contributed by atoms with van der Waals surface area (Å²) in [6, 6.07) is 5.72. The van der Waals surface area contributed by atoms with E-state index in [0.29, 0.717) is 22.8 Å². The molecule has 2 fully saturated rings. The first kappa shape index (κ1) is 14.9. The van der Waals surface area contributed by atoms with Crippen LogP contribution in [0, 0.1) is 17.8 Å². The zero-order chi connectivity index (χ0) is 16.4. The number of phenolic OH excluding ortho intramolecular Hbond substituents is 1. The number of phenols is 1. The second-order valence-electron chi connectivity index (χ2n) is 7.08. The second-order valence-corrected chi connectivity index (χ2v) is 9.28. The molecule has 4 nitrogen and oxygen atoms in total. The first-order chi connectivity index (χ1) is 11.7. The molecule has 0 amide bonds. The number of hydrogen-bond donors (Lipinski definition) is 2. The van der Waals surface area contributed by atoms with E-state index in [1.54, 1.807) is 13.2 Å². The topological polar surface area (TPSA) is 62.3 Å². The summed E-state index contributed by atoms with van der Waals surface area (Å²) in [5.74, 6) is 2.79. The van der Waals surface area contributed by atoms with Gasteiger partial charge in [-0.1, -0.05) is 23.5 Å². The van der Waals surface area contributed by atoms with Crippen LogP contribution in [-0.4, -0.2) is 22.5 Å². The van der Waals surface area contributed by atoms with Crippen molar-refractivity contribution >= 4 is 23.1 Å². The Labute approximate surface area is 148 Å². The molecule has 2 saturated carbocycles. The summed E-state index contributed by atoms with van der Waals surface area (Å²) in [5.41, 5.74) is 0.911. The third kappa shape index (κ3) is 1.96. The molecule has 24 heavy (non-hydrogen) atoms. The summed E-state index contributed by atoms with van der Waals surface area (Å²) in [7, 11) is 1.58. The van der Waals surface area contributed by atoms with Crippen LogP contribution in [0.1, 0.15) is 35.6 Å². The molecule has 0 unspecified atom stereocenters. The number of nitrogens with one attached hydrogen (secondary N) is 1. The number of rotatable bonds is 2. The van der Waals surface area contributed by atoms with E-state index < -0.39 is 0 Å². The Morgan fingerprint density at radius 3 is 2.96 bits per heavy atom. The minimum absolute atomic E-state index is 0.00667. The summed E-state index contributed by atoms with van der Waals surface area (Å²) in [6.45, 7) is 0. The summed E-state index contributed by atoms with van der Waals surface area (Å²) in [5, 5.41) is 12.3. The monoisotopic (exact) mass is 361 g/mol. The fraction of sp³-hybridized carbons (Fsp3) is 0.500. The van der Waals surface area contributed by atoms with E-state index in [0.717, 1.165) is 21.4 Å². The number of aromatic hydroxyl groups is 1. The van der Waals surface area contributed by atoms with Crippen molar-refractivity contribution in [1.82, 2.24) is 4.98 Å². The zero-order valence-electron chi connectivity index (χ0n) is 13.3. The van der Waals surface area contributed by atoms with Gasteiger partial charge in [-0.05, 0) is 43.1 Å². The van der Waals surface area contributed by atoms with Gasteiger partial charge in [0.1, 0.15) is 0 Å². The van der Waals surface area contributed by atoms with E-state index in [1.165, 1.54) is 30.6 Å². The Bertz CT molecular complexity index is 858. The number of para-hydroxylation sites is 1. The smallest absolute Gasteiger partial charge is 0.305 e. The van der Waals surface area contributed by atoms with Crippen LogP contribution >= 0.6 is 23.1 Å². The highest BCUT2D eigenvalue weighted by Gasteiger charge is 2.55. The van der Waals surface area contributed by atoms with Crippen molar-refractivity contribution in [2.45, 2.75) is 35.5 Å². The molecule has 2 aromatic rings. The van der Waals surface area contributed by atoms with Gasteiger partial charge in [-0.2, -0.15) is 0 Å². The van der Waals surface area contributed by atoms with Gasteiger partial charge in [0.25, 0.3) is 0 Å².